The first-order valence-electron chi connectivity index (χ1n) is 5.62. The van der Waals surface area contributed by atoms with Gasteiger partial charge in [-0.15, -0.1) is 0 Å². The van der Waals surface area contributed by atoms with Crippen LogP contribution in [-0.2, 0) is 15.8 Å². The highest BCUT2D eigenvalue weighted by Crippen LogP contribution is 2.10. The average molecular weight is 308 g/mol. The van der Waals surface area contributed by atoms with Crippen LogP contribution in [0.2, 0.25) is 0 Å². The van der Waals surface area contributed by atoms with Crippen LogP contribution in [0.4, 0.5) is 5.95 Å². The molecule has 6 nitrogen and oxygen atoms in total. The minimum absolute atomic E-state index is 0.0484. The van der Waals surface area contributed by atoms with E-state index in [4.69, 9.17) is 18.0 Å². The molecule has 1 aromatic carbocycles. The van der Waals surface area contributed by atoms with E-state index in [1.807, 2.05) is 0 Å². The number of nitrogens with one attached hydrogen (secondary N) is 1. The Balaban J connectivity index is 2.10. The van der Waals surface area contributed by atoms with Crippen molar-refractivity contribution in [2.24, 2.45) is 5.73 Å². The first-order chi connectivity index (χ1) is 9.46. The summed E-state index contributed by atoms with van der Waals surface area (Å²) in [5.74, 6) is -0.129. The molecule has 1 heterocycles. The average Bonchev–Trinajstić information content (AvgIpc) is 2.39. The highest BCUT2D eigenvalue weighted by molar-refractivity contribution is 7.91. The standard InChI is InChI=1S/C12H12N4O2S2/c13-11(19)10-4-2-9(3-5-10)8-20(17,18)16-12-14-6-1-7-15-12/h1-7H,8H2,(H2,13,19)(H,14,15,16). The molecule has 0 saturated heterocycles. The van der Waals surface area contributed by atoms with Crippen molar-refractivity contribution in [3.63, 3.8) is 0 Å². The normalized spacial score (nSPS) is 11.0. The van der Waals surface area contributed by atoms with Gasteiger partial charge in [-0.1, -0.05) is 36.5 Å². The fourth-order valence-corrected chi connectivity index (χ4v) is 2.73. The lowest BCUT2D eigenvalue weighted by atomic mass is 10.1. The van der Waals surface area contributed by atoms with E-state index in [0.717, 1.165) is 0 Å². The summed E-state index contributed by atoms with van der Waals surface area (Å²) < 4.78 is 26.2. The van der Waals surface area contributed by atoms with Gasteiger partial charge in [0.25, 0.3) is 0 Å². The number of nitrogens with two attached hydrogens (primary N) is 1. The third-order valence-electron chi connectivity index (χ3n) is 2.41. The molecular formula is C12H12N4O2S2. The van der Waals surface area contributed by atoms with Gasteiger partial charge in [-0.05, 0) is 11.6 Å². The van der Waals surface area contributed by atoms with E-state index in [1.54, 1.807) is 30.3 Å². The number of nitrogens with zero attached hydrogens (tertiary/aromatic N) is 2. The molecule has 0 unspecified atom stereocenters. The van der Waals surface area contributed by atoms with Gasteiger partial charge >= 0.3 is 0 Å². The molecule has 2 rings (SSSR count). The fraction of sp³-hybridized carbons (Fsp3) is 0.0833. The summed E-state index contributed by atoms with van der Waals surface area (Å²) in [6.45, 7) is 0. The van der Waals surface area contributed by atoms with E-state index in [0.29, 0.717) is 11.1 Å². The number of anilines is 1. The molecule has 0 atom stereocenters. The van der Waals surface area contributed by atoms with Crippen LogP contribution in [0, 0.1) is 0 Å². The van der Waals surface area contributed by atoms with Gasteiger partial charge < -0.3 is 5.73 Å². The Hall–Kier alpha value is -2.06. The SMILES string of the molecule is NC(=S)c1ccc(CS(=O)(=O)Nc2ncccn2)cc1. The smallest absolute Gasteiger partial charge is 0.239 e. The van der Waals surface area contributed by atoms with Gasteiger partial charge in [0.05, 0.1) is 5.75 Å². The highest BCUT2D eigenvalue weighted by atomic mass is 32.2. The van der Waals surface area contributed by atoms with Crippen LogP contribution in [0.1, 0.15) is 11.1 Å². The van der Waals surface area contributed by atoms with Crippen LogP contribution in [0.15, 0.2) is 42.7 Å². The van der Waals surface area contributed by atoms with E-state index in [1.165, 1.54) is 12.4 Å². The molecule has 20 heavy (non-hydrogen) atoms. The summed E-state index contributed by atoms with van der Waals surface area (Å²) in [5.41, 5.74) is 6.79. The van der Waals surface area contributed by atoms with Crippen molar-refractivity contribution < 1.29 is 8.42 Å². The molecule has 0 aliphatic rings. The van der Waals surface area contributed by atoms with Crippen molar-refractivity contribution in [1.29, 1.82) is 0 Å². The molecule has 0 aliphatic heterocycles. The summed E-state index contributed by atoms with van der Waals surface area (Å²) in [5, 5.41) is 0. The minimum Gasteiger partial charge on any atom is -0.389 e. The Morgan fingerprint density at radius 2 is 1.80 bits per heavy atom. The number of benzene rings is 1. The second-order valence-electron chi connectivity index (χ2n) is 3.99. The van der Waals surface area contributed by atoms with Crippen molar-refractivity contribution in [3.05, 3.63) is 53.9 Å². The molecule has 0 saturated carbocycles. The quantitative estimate of drug-likeness (QED) is 0.801. The van der Waals surface area contributed by atoms with Gasteiger partial charge in [0.1, 0.15) is 4.99 Å². The largest absolute Gasteiger partial charge is 0.389 e. The van der Waals surface area contributed by atoms with Gasteiger partial charge in [0, 0.05) is 18.0 Å². The van der Waals surface area contributed by atoms with Gasteiger partial charge in [0.15, 0.2) is 0 Å². The lowest BCUT2D eigenvalue weighted by molar-refractivity contribution is 0.600. The summed E-state index contributed by atoms with van der Waals surface area (Å²) in [6, 6.07) is 8.31. The van der Waals surface area contributed by atoms with Gasteiger partial charge in [-0.25, -0.2) is 18.4 Å². The zero-order chi connectivity index (χ0) is 14.6. The van der Waals surface area contributed by atoms with Gasteiger partial charge in [-0.3, -0.25) is 4.72 Å². The van der Waals surface area contributed by atoms with Crippen LogP contribution in [0.25, 0.3) is 0 Å². The van der Waals surface area contributed by atoms with E-state index >= 15 is 0 Å². The van der Waals surface area contributed by atoms with Crippen LogP contribution in [0.3, 0.4) is 0 Å². The van der Waals surface area contributed by atoms with Crippen molar-refractivity contribution in [2.75, 3.05) is 4.72 Å². The molecule has 0 bridgehead atoms. The molecule has 104 valence electrons. The number of sulfonamides is 1. The van der Waals surface area contributed by atoms with E-state index in [-0.39, 0.29) is 16.7 Å². The zero-order valence-electron chi connectivity index (χ0n) is 10.4. The Morgan fingerprint density at radius 3 is 2.35 bits per heavy atom. The van der Waals surface area contributed by atoms with Crippen LogP contribution in [0.5, 0.6) is 0 Å². The number of aromatic nitrogens is 2. The van der Waals surface area contributed by atoms with Gasteiger partial charge in [-0.2, -0.15) is 0 Å². The first kappa shape index (κ1) is 14.4. The molecule has 8 heteroatoms. The van der Waals surface area contributed by atoms with E-state index < -0.39 is 10.0 Å². The maximum Gasteiger partial charge on any atom is 0.239 e. The predicted octanol–water partition coefficient (Wildman–Crippen LogP) is 1.05. The predicted molar refractivity (Wildman–Crippen MR) is 80.6 cm³/mol. The summed E-state index contributed by atoms with van der Waals surface area (Å²) in [4.78, 5) is 7.89. The second-order valence-corrected chi connectivity index (χ2v) is 6.16. The van der Waals surface area contributed by atoms with Crippen molar-refractivity contribution >= 4 is 33.2 Å². The van der Waals surface area contributed by atoms with Crippen LogP contribution in [-0.4, -0.2) is 23.4 Å². The molecule has 1 aromatic heterocycles. The summed E-state index contributed by atoms with van der Waals surface area (Å²) in [6.07, 6.45) is 2.92. The van der Waals surface area contributed by atoms with Crippen molar-refractivity contribution in [3.8, 4) is 0 Å². The maximum atomic E-state index is 11.9. The molecule has 0 amide bonds. The highest BCUT2D eigenvalue weighted by Gasteiger charge is 2.13. The summed E-state index contributed by atoms with van der Waals surface area (Å²) in [7, 11) is -3.56. The molecule has 2 aromatic rings. The third kappa shape index (κ3) is 3.97. The number of hydrogen-bond acceptors (Lipinski definition) is 5. The third-order valence-corrected chi connectivity index (χ3v) is 3.85. The Labute approximate surface area is 122 Å². The molecule has 0 spiro atoms. The molecular weight excluding hydrogens is 296 g/mol. The van der Waals surface area contributed by atoms with Gasteiger partial charge in [0.2, 0.25) is 16.0 Å². The Morgan fingerprint density at radius 1 is 1.20 bits per heavy atom. The van der Waals surface area contributed by atoms with Crippen LogP contribution < -0.4 is 10.5 Å². The lowest BCUT2D eigenvalue weighted by Crippen LogP contribution is -2.17. The molecule has 0 fully saturated rings. The molecule has 0 aliphatic carbocycles. The van der Waals surface area contributed by atoms with E-state index in [2.05, 4.69) is 14.7 Å². The summed E-state index contributed by atoms with van der Waals surface area (Å²) >= 11 is 4.83. The second kappa shape index (κ2) is 5.93. The van der Waals surface area contributed by atoms with Crippen LogP contribution >= 0.6 is 12.2 Å². The molecule has 3 N–H and O–H groups in total. The number of thiocarbonyl (C=S) groups is 1. The van der Waals surface area contributed by atoms with Crippen molar-refractivity contribution in [1.82, 2.24) is 9.97 Å². The topological polar surface area (TPSA) is 98.0 Å². The van der Waals surface area contributed by atoms with E-state index in [9.17, 15) is 8.42 Å². The fourth-order valence-electron chi connectivity index (χ4n) is 1.51. The minimum atomic E-state index is -3.56. The van der Waals surface area contributed by atoms with Crippen molar-refractivity contribution in [2.45, 2.75) is 5.75 Å². The maximum absolute atomic E-state index is 11.9. The number of hydrogen-bond donors (Lipinski definition) is 2. The lowest BCUT2D eigenvalue weighted by Gasteiger charge is -2.06. The molecule has 0 radical (unpaired) electrons. The Bertz CT molecular complexity index is 700. The zero-order valence-corrected chi connectivity index (χ0v) is 12.0. The number of rotatable bonds is 5. The first-order valence-corrected chi connectivity index (χ1v) is 7.68. The monoisotopic (exact) mass is 308 g/mol. The Kier molecular flexibility index (Phi) is 4.26.